The lowest BCUT2D eigenvalue weighted by atomic mass is 10.0. The molecule has 18 heteroatoms. The summed E-state index contributed by atoms with van der Waals surface area (Å²) in [4.78, 5) is 9.38. The Labute approximate surface area is 364 Å². The predicted molar refractivity (Wildman–Crippen MR) is 252 cm³/mol. The van der Waals surface area contributed by atoms with Crippen molar-refractivity contribution in [2.75, 3.05) is 116 Å². The second-order valence-corrected chi connectivity index (χ2v) is 28.5. The van der Waals surface area contributed by atoms with Gasteiger partial charge in [0.15, 0.2) is 0 Å². The van der Waals surface area contributed by atoms with E-state index in [4.69, 9.17) is 0 Å². The molecule has 0 spiro atoms. The van der Waals surface area contributed by atoms with E-state index >= 15 is 0 Å². The van der Waals surface area contributed by atoms with Crippen LogP contribution in [0.2, 0.25) is 0 Å². The van der Waals surface area contributed by atoms with E-state index in [-0.39, 0.29) is 22.8 Å². The van der Waals surface area contributed by atoms with Gasteiger partial charge >= 0.3 is 0 Å². The lowest BCUT2D eigenvalue weighted by molar-refractivity contribution is 0.153. The first-order valence-corrected chi connectivity index (χ1v) is 29.2. The van der Waals surface area contributed by atoms with Crippen LogP contribution in [0.25, 0.3) is 0 Å². The maximum Gasteiger partial charge on any atom is 0.214 e. The highest BCUT2D eigenvalue weighted by molar-refractivity contribution is 8.00. The number of hydrogen-bond acceptors (Lipinski definition) is 11. The van der Waals surface area contributed by atoms with Gasteiger partial charge in [0.05, 0.1) is 17.8 Å². The van der Waals surface area contributed by atoms with Gasteiger partial charge in [-0.15, -0.1) is 0 Å². The van der Waals surface area contributed by atoms with Crippen molar-refractivity contribution in [2.24, 2.45) is 11.3 Å². The van der Waals surface area contributed by atoms with E-state index in [0.717, 1.165) is 65.2 Å². The van der Waals surface area contributed by atoms with Crippen molar-refractivity contribution in [1.29, 1.82) is 0 Å². The minimum absolute atomic E-state index is 0.173. The summed E-state index contributed by atoms with van der Waals surface area (Å²) in [5.41, 5.74) is -0.173. The van der Waals surface area contributed by atoms with Crippen LogP contribution < -0.4 is 0 Å². The smallest absolute Gasteiger partial charge is 0.214 e. The van der Waals surface area contributed by atoms with Crippen LogP contribution in [0.3, 0.4) is 0 Å². The summed E-state index contributed by atoms with van der Waals surface area (Å²) in [6, 6.07) is 2.15. The molecular formula is C41H89N7O7S4. The van der Waals surface area contributed by atoms with Gasteiger partial charge in [0, 0.05) is 114 Å². The Hall–Kier alpha value is -0.410. The van der Waals surface area contributed by atoms with Gasteiger partial charge in [-0.2, -0.15) is 12.9 Å². The van der Waals surface area contributed by atoms with Gasteiger partial charge in [-0.3, -0.25) is 18.9 Å². The van der Waals surface area contributed by atoms with Crippen molar-refractivity contribution in [2.45, 2.75) is 132 Å². The third-order valence-electron chi connectivity index (χ3n) is 11.3. The summed E-state index contributed by atoms with van der Waals surface area (Å²) < 4.78 is 87.2. The molecule has 0 bridgehead atoms. The second-order valence-electron chi connectivity index (χ2n) is 19.7. The zero-order chi connectivity index (χ0) is 45.7. The fraction of sp³-hybridized carbons (Fsp3) is 0.976. The number of nitrogens with zero attached hydrogens (tertiary/aromatic N) is 7. The molecule has 4 heterocycles. The maximum atomic E-state index is 12.2. The largest absolute Gasteiger partial charge is 0.301 e. The Morgan fingerprint density at radius 3 is 1.02 bits per heavy atom. The molecule has 0 N–H and O–H groups in total. The van der Waals surface area contributed by atoms with Crippen LogP contribution in [0.15, 0.2) is 0 Å². The number of piperazine rings is 3. The number of piperidine rings is 1. The van der Waals surface area contributed by atoms with Crippen molar-refractivity contribution in [3.05, 3.63) is 0 Å². The van der Waals surface area contributed by atoms with E-state index in [2.05, 4.69) is 80.9 Å². The first kappa shape index (κ1) is 56.6. The highest BCUT2D eigenvalue weighted by Crippen LogP contribution is 2.21. The molecule has 14 nitrogen and oxygen atoms in total. The molecule has 354 valence electrons. The first-order chi connectivity index (χ1) is 26.8. The van der Waals surface area contributed by atoms with E-state index in [1.807, 2.05) is 34.6 Å². The standard InChI is InChI=1S/C12H26N2O2S.C11H24N2O2S.C10H21NOS.C8H18N2O2S/c1-11(2)13-6-8-14(9-7-13)17(15,16)10-12(3,4)5;1-10(2)9-16(14,15)13-7-5-12(6-8-13)11(3)4;1-9(2)11-7-5-10(6-8-11)13(3,4)12;1-8(2)9-4-6-10(7-5-9)13(3,11)12/h11H,6-10H2,1-5H3;10-11H,5-9H2,1-4H3;9-10H,3,5-8H2,1-2,4H3;8H,4-7H2,1-3H3. The summed E-state index contributed by atoms with van der Waals surface area (Å²) in [5, 5.41) is 0.350. The minimum Gasteiger partial charge on any atom is -0.301 e. The molecule has 59 heavy (non-hydrogen) atoms. The van der Waals surface area contributed by atoms with Crippen LogP contribution in [0.5, 0.6) is 0 Å². The first-order valence-electron chi connectivity index (χ1n) is 21.9. The van der Waals surface area contributed by atoms with Gasteiger partial charge in [0.1, 0.15) is 0 Å². The highest BCUT2D eigenvalue weighted by Gasteiger charge is 2.32. The van der Waals surface area contributed by atoms with Crippen LogP contribution in [-0.4, -0.2) is 213 Å². The lowest BCUT2D eigenvalue weighted by Gasteiger charge is -2.37. The molecule has 0 aromatic carbocycles. The molecule has 4 fully saturated rings. The van der Waals surface area contributed by atoms with Crippen molar-refractivity contribution >= 4 is 45.5 Å². The van der Waals surface area contributed by atoms with Crippen LogP contribution in [0.1, 0.15) is 103 Å². The van der Waals surface area contributed by atoms with Crippen LogP contribution in [0.4, 0.5) is 0 Å². The zero-order valence-electron chi connectivity index (χ0n) is 40.0. The molecule has 4 rings (SSSR count). The van der Waals surface area contributed by atoms with Crippen molar-refractivity contribution in [1.82, 2.24) is 32.5 Å². The summed E-state index contributed by atoms with van der Waals surface area (Å²) in [7, 11) is -10.9. The molecule has 1 atom stereocenters. The molecule has 4 saturated heterocycles. The Kier molecular flexibility index (Phi) is 23.6. The minimum atomic E-state index is -3.08. The number of rotatable bonds is 11. The van der Waals surface area contributed by atoms with Crippen LogP contribution >= 0.6 is 0 Å². The van der Waals surface area contributed by atoms with E-state index in [1.165, 1.54) is 6.26 Å². The SMILES string of the molecule is C=S(C)(=O)C1CCN(C(C)C)CC1.CC(C)CS(=O)(=O)N1CCN(C(C)C)CC1.CC(C)N1CCN(S(=O)(=O)CC(C)(C)C)CC1.CC(C)N1CCN(S(C)(=O)=O)CC1. The van der Waals surface area contributed by atoms with E-state index in [0.29, 0.717) is 68.7 Å². The Morgan fingerprint density at radius 1 is 0.475 bits per heavy atom. The number of sulfonamides is 3. The average Bonchev–Trinajstić information content (AvgIpc) is 3.10. The summed E-state index contributed by atoms with van der Waals surface area (Å²) in [6.07, 6.45) is 5.18. The third kappa shape index (κ3) is 21.7. The summed E-state index contributed by atoms with van der Waals surface area (Å²) >= 11 is 0. The molecule has 0 aliphatic carbocycles. The third-order valence-corrected chi connectivity index (χ3v) is 19.1. The Bertz CT molecular complexity index is 1580. The predicted octanol–water partition coefficient (Wildman–Crippen LogP) is 3.56. The van der Waals surface area contributed by atoms with Gasteiger partial charge in [-0.25, -0.2) is 25.3 Å². The molecule has 0 amide bonds. The molecule has 4 aliphatic rings. The molecule has 0 radical (unpaired) electrons. The summed E-state index contributed by atoms with van der Waals surface area (Å²) in [5.74, 6) is 4.49. The maximum absolute atomic E-state index is 12.2. The monoisotopic (exact) mass is 920 g/mol. The van der Waals surface area contributed by atoms with Gasteiger partial charge in [-0.1, -0.05) is 34.6 Å². The molecule has 0 saturated carbocycles. The fourth-order valence-corrected chi connectivity index (χ4v) is 13.4. The van der Waals surface area contributed by atoms with Crippen LogP contribution in [0, 0.1) is 11.3 Å². The topological polar surface area (TPSA) is 142 Å². The lowest BCUT2D eigenvalue weighted by Crippen LogP contribution is -2.51. The molecule has 0 aromatic heterocycles. The van der Waals surface area contributed by atoms with Gasteiger partial charge in [0.2, 0.25) is 30.1 Å². The zero-order valence-corrected chi connectivity index (χ0v) is 43.3. The Morgan fingerprint density at radius 2 is 0.763 bits per heavy atom. The number of likely N-dealkylation sites (tertiary alicyclic amines) is 1. The van der Waals surface area contributed by atoms with Gasteiger partial charge in [-0.05, 0) is 108 Å². The molecule has 4 aliphatic heterocycles. The van der Waals surface area contributed by atoms with Gasteiger partial charge in [0.25, 0.3) is 0 Å². The quantitative estimate of drug-likeness (QED) is 0.281. The highest BCUT2D eigenvalue weighted by atomic mass is 32.2. The Balaban J connectivity index is 0.000000396. The normalized spacial score (nSPS) is 22.4. The van der Waals surface area contributed by atoms with Crippen molar-refractivity contribution in [3.8, 4) is 0 Å². The van der Waals surface area contributed by atoms with Crippen molar-refractivity contribution < 1.29 is 29.5 Å². The summed E-state index contributed by atoms with van der Waals surface area (Å²) in [6.45, 7) is 38.2. The van der Waals surface area contributed by atoms with Crippen molar-refractivity contribution in [3.63, 3.8) is 0 Å². The second kappa shape index (κ2) is 24.6. The van der Waals surface area contributed by atoms with Gasteiger partial charge < -0.3 is 4.90 Å². The number of hydrogen-bond donors (Lipinski definition) is 0. The van der Waals surface area contributed by atoms with E-state index < -0.39 is 39.6 Å². The molecule has 1 unspecified atom stereocenters. The molecule has 0 aromatic rings. The van der Waals surface area contributed by atoms with E-state index in [9.17, 15) is 29.5 Å². The fourth-order valence-electron chi connectivity index (χ4n) is 7.60. The molecular weight excluding hydrogens is 831 g/mol. The average molecular weight is 920 g/mol. The van der Waals surface area contributed by atoms with Crippen LogP contribution in [-0.2, 0) is 39.6 Å². The van der Waals surface area contributed by atoms with E-state index in [1.54, 1.807) is 19.2 Å².